The summed E-state index contributed by atoms with van der Waals surface area (Å²) in [5.74, 6) is 0.676. The number of halogens is 1. The van der Waals surface area contributed by atoms with Crippen LogP contribution in [0.2, 0.25) is 0 Å². The van der Waals surface area contributed by atoms with Gasteiger partial charge in [0.25, 0.3) is 0 Å². The van der Waals surface area contributed by atoms with E-state index >= 15 is 0 Å². The first kappa shape index (κ1) is 12.7. The molecule has 0 N–H and O–H groups in total. The number of rotatable bonds is 4. The standard InChI is InChI=1S/C12H19BrN2/c1-9(2)10(3)15(4)8-11-5-12(13)7-14-6-11/h5-7,9-10H,8H2,1-4H3. The van der Waals surface area contributed by atoms with Crippen molar-refractivity contribution in [3.05, 3.63) is 28.5 Å². The molecule has 0 saturated heterocycles. The molecule has 0 saturated carbocycles. The minimum Gasteiger partial charge on any atom is -0.299 e. The lowest BCUT2D eigenvalue weighted by atomic mass is 10.0. The average molecular weight is 271 g/mol. The number of hydrogen-bond acceptors (Lipinski definition) is 2. The fourth-order valence-electron chi connectivity index (χ4n) is 1.48. The smallest absolute Gasteiger partial charge is 0.0410 e. The maximum Gasteiger partial charge on any atom is 0.0410 e. The summed E-state index contributed by atoms with van der Waals surface area (Å²) in [5.41, 5.74) is 1.25. The minimum atomic E-state index is 0.587. The SMILES string of the molecule is CC(C)C(C)N(C)Cc1cncc(Br)c1. The van der Waals surface area contributed by atoms with Gasteiger partial charge in [-0.15, -0.1) is 0 Å². The third kappa shape index (κ3) is 3.92. The Morgan fingerprint density at radius 1 is 1.33 bits per heavy atom. The first-order valence-electron chi connectivity index (χ1n) is 5.30. The van der Waals surface area contributed by atoms with Crippen LogP contribution in [0.3, 0.4) is 0 Å². The van der Waals surface area contributed by atoms with Gasteiger partial charge in [-0.1, -0.05) is 13.8 Å². The van der Waals surface area contributed by atoms with Crippen LogP contribution in [-0.2, 0) is 6.54 Å². The van der Waals surface area contributed by atoms with E-state index in [-0.39, 0.29) is 0 Å². The van der Waals surface area contributed by atoms with Crippen LogP contribution in [0.4, 0.5) is 0 Å². The fourth-order valence-corrected chi connectivity index (χ4v) is 1.90. The van der Waals surface area contributed by atoms with Crippen molar-refractivity contribution in [3.63, 3.8) is 0 Å². The van der Waals surface area contributed by atoms with E-state index in [9.17, 15) is 0 Å². The van der Waals surface area contributed by atoms with Crippen molar-refractivity contribution >= 4 is 15.9 Å². The summed E-state index contributed by atoms with van der Waals surface area (Å²) in [5, 5.41) is 0. The maximum atomic E-state index is 4.17. The van der Waals surface area contributed by atoms with Crippen molar-refractivity contribution in [1.82, 2.24) is 9.88 Å². The Hall–Kier alpha value is -0.410. The second-order valence-electron chi connectivity index (χ2n) is 4.41. The molecule has 0 fully saturated rings. The summed E-state index contributed by atoms with van der Waals surface area (Å²) in [7, 11) is 2.16. The average Bonchev–Trinajstić information content (AvgIpc) is 2.16. The zero-order valence-corrected chi connectivity index (χ0v) is 11.5. The Bertz CT molecular complexity index is 312. The number of aromatic nitrogens is 1. The molecule has 1 unspecified atom stereocenters. The lowest BCUT2D eigenvalue weighted by Crippen LogP contribution is -2.32. The van der Waals surface area contributed by atoms with Crippen LogP contribution in [0, 0.1) is 5.92 Å². The Kier molecular flexibility index (Phi) is 4.74. The Morgan fingerprint density at radius 2 is 2.00 bits per heavy atom. The van der Waals surface area contributed by atoms with Gasteiger partial charge in [0.15, 0.2) is 0 Å². The highest BCUT2D eigenvalue weighted by molar-refractivity contribution is 9.10. The highest BCUT2D eigenvalue weighted by Crippen LogP contribution is 2.14. The van der Waals surface area contributed by atoms with E-state index in [1.165, 1.54) is 5.56 Å². The molecule has 3 heteroatoms. The summed E-state index contributed by atoms with van der Waals surface area (Å²) in [6.45, 7) is 7.71. The molecule has 0 aromatic carbocycles. The Morgan fingerprint density at radius 3 is 2.53 bits per heavy atom. The van der Waals surface area contributed by atoms with Gasteiger partial charge in [-0.05, 0) is 47.4 Å². The molecule has 15 heavy (non-hydrogen) atoms. The molecular formula is C12H19BrN2. The molecule has 0 aliphatic heterocycles. The van der Waals surface area contributed by atoms with Crippen LogP contribution in [0.5, 0.6) is 0 Å². The highest BCUT2D eigenvalue weighted by Gasteiger charge is 2.13. The van der Waals surface area contributed by atoms with Crippen molar-refractivity contribution in [2.45, 2.75) is 33.4 Å². The summed E-state index contributed by atoms with van der Waals surface area (Å²) in [6, 6.07) is 2.71. The molecule has 0 amide bonds. The van der Waals surface area contributed by atoms with Gasteiger partial charge in [-0.25, -0.2) is 0 Å². The van der Waals surface area contributed by atoms with E-state index in [2.05, 4.69) is 59.7 Å². The van der Waals surface area contributed by atoms with Crippen LogP contribution in [-0.4, -0.2) is 23.0 Å². The van der Waals surface area contributed by atoms with E-state index in [0.717, 1.165) is 11.0 Å². The largest absolute Gasteiger partial charge is 0.299 e. The van der Waals surface area contributed by atoms with E-state index in [4.69, 9.17) is 0 Å². The van der Waals surface area contributed by atoms with Crippen LogP contribution >= 0.6 is 15.9 Å². The van der Waals surface area contributed by atoms with Gasteiger partial charge in [-0.3, -0.25) is 9.88 Å². The molecule has 0 spiro atoms. The molecule has 1 aromatic rings. The second-order valence-corrected chi connectivity index (χ2v) is 5.33. The molecule has 0 aliphatic carbocycles. The predicted octanol–water partition coefficient (Wildman–Crippen LogP) is 3.32. The fraction of sp³-hybridized carbons (Fsp3) is 0.583. The van der Waals surface area contributed by atoms with E-state index < -0.39 is 0 Å². The van der Waals surface area contributed by atoms with E-state index in [0.29, 0.717) is 12.0 Å². The van der Waals surface area contributed by atoms with E-state index in [1.54, 1.807) is 0 Å². The first-order chi connectivity index (χ1) is 7.00. The van der Waals surface area contributed by atoms with Crippen molar-refractivity contribution in [1.29, 1.82) is 0 Å². The maximum absolute atomic E-state index is 4.17. The number of pyridine rings is 1. The van der Waals surface area contributed by atoms with Gasteiger partial charge in [-0.2, -0.15) is 0 Å². The molecule has 2 nitrogen and oxygen atoms in total. The summed E-state index contributed by atoms with van der Waals surface area (Å²) < 4.78 is 1.05. The lowest BCUT2D eigenvalue weighted by molar-refractivity contribution is 0.200. The van der Waals surface area contributed by atoms with Gasteiger partial charge in [0.1, 0.15) is 0 Å². The normalized spacial score (nSPS) is 13.5. The second kappa shape index (κ2) is 5.61. The Labute approximate surface area is 101 Å². The predicted molar refractivity (Wildman–Crippen MR) is 67.7 cm³/mol. The van der Waals surface area contributed by atoms with Crippen LogP contribution in [0.15, 0.2) is 22.9 Å². The van der Waals surface area contributed by atoms with Crippen LogP contribution < -0.4 is 0 Å². The zero-order chi connectivity index (χ0) is 11.4. The minimum absolute atomic E-state index is 0.587. The molecule has 84 valence electrons. The van der Waals surface area contributed by atoms with Gasteiger partial charge < -0.3 is 0 Å². The molecule has 0 radical (unpaired) electrons. The molecule has 1 heterocycles. The molecule has 1 rings (SSSR count). The summed E-state index contributed by atoms with van der Waals surface area (Å²) >= 11 is 3.44. The number of nitrogens with zero attached hydrogens (tertiary/aromatic N) is 2. The molecule has 0 bridgehead atoms. The molecule has 0 aliphatic rings. The first-order valence-corrected chi connectivity index (χ1v) is 6.09. The van der Waals surface area contributed by atoms with Crippen molar-refractivity contribution in [2.24, 2.45) is 5.92 Å². The topological polar surface area (TPSA) is 16.1 Å². The van der Waals surface area contributed by atoms with Gasteiger partial charge in [0, 0.05) is 29.5 Å². The Balaban J connectivity index is 2.62. The van der Waals surface area contributed by atoms with Crippen molar-refractivity contribution < 1.29 is 0 Å². The molecule has 1 aromatic heterocycles. The molecule has 1 atom stereocenters. The van der Waals surface area contributed by atoms with Crippen LogP contribution in [0.1, 0.15) is 26.3 Å². The summed E-state index contributed by atoms with van der Waals surface area (Å²) in [6.07, 6.45) is 3.74. The third-order valence-corrected chi connectivity index (χ3v) is 3.29. The highest BCUT2D eigenvalue weighted by atomic mass is 79.9. The quantitative estimate of drug-likeness (QED) is 0.835. The van der Waals surface area contributed by atoms with Crippen LogP contribution in [0.25, 0.3) is 0 Å². The monoisotopic (exact) mass is 270 g/mol. The molecular weight excluding hydrogens is 252 g/mol. The third-order valence-electron chi connectivity index (χ3n) is 2.85. The van der Waals surface area contributed by atoms with Gasteiger partial charge >= 0.3 is 0 Å². The lowest BCUT2D eigenvalue weighted by Gasteiger charge is -2.27. The van der Waals surface area contributed by atoms with Crippen molar-refractivity contribution in [2.75, 3.05) is 7.05 Å². The number of hydrogen-bond donors (Lipinski definition) is 0. The van der Waals surface area contributed by atoms with E-state index in [1.807, 2.05) is 12.4 Å². The van der Waals surface area contributed by atoms with Gasteiger partial charge in [0.05, 0.1) is 0 Å². The summed E-state index contributed by atoms with van der Waals surface area (Å²) in [4.78, 5) is 6.52. The van der Waals surface area contributed by atoms with Crippen molar-refractivity contribution in [3.8, 4) is 0 Å². The van der Waals surface area contributed by atoms with Gasteiger partial charge in [0.2, 0.25) is 0 Å². The zero-order valence-electron chi connectivity index (χ0n) is 9.87.